The molecule has 26 heavy (non-hydrogen) atoms. The molecule has 0 aromatic heterocycles. The van der Waals surface area contributed by atoms with E-state index in [1.165, 1.54) is 31.4 Å². The number of anilines is 2. The molecular formula is C16H16Cl2N2O5S. The molecule has 0 aliphatic heterocycles. The maximum atomic E-state index is 12.0. The second-order valence-corrected chi connectivity index (χ2v) is 7.76. The van der Waals surface area contributed by atoms with E-state index in [1.54, 1.807) is 12.1 Å². The highest BCUT2D eigenvalue weighted by atomic mass is 35.5. The van der Waals surface area contributed by atoms with Crippen molar-refractivity contribution >= 4 is 50.5 Å². The van der Waals surface area contributed by atoms with E-state index in [2.05, 4.69) is 10.0 Å². The van der Waals surface area contributed by atoms with E-state index in [4.69, 9.17) is 32.7 Å². The monoisotopic (exact) mass is 418 g/mol. The Morgan fingerprint density at radius 2 is 1.85 bits per heavy atom. The van der Waals surface area contributed by atoms with Crippen LogP contribution in [0.4, 0.5) is 11.4 Å². The van der Waals surface area contributed by atoms with Crippen LogP contribution in [0.2, 0.25) is 10.0 Å². The van der Waals surface area contributed by atoms with Crippen molar-refractivity contribution in [2.24, 2.45) is 0 Å². The number of ether oxygens (including phenoxy) is 2. The molecule has 0 aliphatic rings. The first-order valence-corrected chi connectivity index (χ1v) is 9.86. The molecule has 1 amide bonds. The molecule has 140 valence electrons. The Hall–Kier alpha value is -2.16. The minimum Gasteiger partial charge on any atom is -0.494 e. The quantitative estimate of drug-likeness (QED) is 0.718. The topological polar surface area (TPSA) is 93.7 Å². The van der Waals surface area contributed by atoms with Crippen LogP contribution in [0.5, 0.6) is 11.5 Å². The zero-order valence-corrected chi connectivity index (χ0v) is 16.2. The summed E-state index contributed by atoms with van der Waals surface area (Å²) in [5.41, 5.74) is 0.684. The highest BCUT2D eigenvalue weighted by Crippen LogP contribution is 2.29. The molecule has 0 unspecified atom stereocenters. The fraction of sp³-hybridized carbons (Fsp3) is 0.188. The molecule has 0 saturated heterocycles. The van der Waals surface area contributed by atoms with Crippen LogP contribution in [0.3, 0.4) is 0 Å². The lowest BCUT2D eigenvalue weighted by Gasteiger charge is -2.12. The van der Waals surface area contributed by atoms with Crippen LogP contribution >= 0.6 is 23.2 Å². The first-order valence-electron chi connectivity index (χ1n) is 7.21. The number of amides is 1. The number of hydrogen-bond acceptors (Lipinski definition) is 5. The summed E-state index contributed by atoms with van der Waals surface area (Å²) in [4.78, 5) is 12.0. The third-order valence-corrected chi connectivity index (χ3v) is 4.37. The Morgan fingerprint density at radius 1 is 1.12 bits per heavy atom. The predicted octanol–water partition coefficient (Wildman–Crippen LogP) is 3.39. The third-order valence-electron chi connectivity index (χ3n) is 3.04. The molecule has 2 N–H and O–H groups in total. The van der Waals surface area contributed by atoms with E-state index in [9.17, 15) is 13.2 Å². The molecule has 2 aromatic rings. The molecule has 2 aromatic carbocycles. The number of rotatable bonds is 7. The molecule has 0 saturated carbocycles. The lowest BCUT2D eigenvalue weighted by molar-refractivity contribution is -0.118. The van der Waals surface area contributed by atoms with E-state index in [0.29, 0.717) is 21.5 Å². The molecule has 0 fully saturated rings. The Balaban J connectivity index is 2.00. The zero-order valence-electron chi connectivity index (χ0n) is 13.9. The highest BCUT2D eigenvalue weighted by Gasteiger charge is 2.11. The van der Waals surface area contributed by atoms with Gasteiger partial charge in [0.05, 0.1) is 29.1 Å². The lowest BCUT2D eigenvalue weighted by atomic mass is 10.2. The standard InChI is InChI=1S/C16H16Cl2N2O5S/c1-24-15-7-10(3-6-14(15)20-26(2,22)23)19-16(21)9-25-11-4-5-12(17)13(18)8-11/h3-8,20H,9H2,1-2H3,(H,19,21). The lowest BCUT2D eigenvalue weighted by Crippen LogP contribution is -2.20. The smallest absolute Gasteiger partial charge is 0.262 e. The number of sulfonamides is 1. The van der Waals surface area contributed by atoms with Crippen LogP contribution in [-0.4, -0.2) is 34.3 Å². The van der Waals surface area contributed by atoms with Crippen molar-refractivity contribution in [2.75, 3.05) is 30.0 Å². The van der Waals surface area contributed by atoms with Crippen molar-refractivity contribution in [1.82, 2.24) is 0 Å². The van der Waals surface area contributed by atoms with E-state index in [-0.39, 0.29) is 18.0 Å². The van der Waals surface area contributed by atoms with Crippen molar-refractivity contribution in [1.29, 1.82) is 0 Å². The van der Waals surface area contributed by atoms with Gasteiger partial charge in [0.2, 0.25) is 10.0 Å². The van der Waals surface area contributed by atoms with Crippen LogP contribution in [0.25, 0.3) is 0 Å². The van der Waals surface area contributed by atoms with Gasteiger partial charge in [-0.3, -0.25) is 9.52 Å². The molecule has 0 bridgehead atoms. The van der Waals surface area contributed by atoms with Crippen molar-refractivity contribution in [2.45, 2.75) is 0 Å². The number of carbonyl (C=O) groups excluding carboxylic acids is 1. The molecule has 0 atom stereocenters. The molecule has 0 spiro atoms. The average molecular weight is 419 g/mol. The van der Waals surface area contributed by atoms with Crippen molar-refractivity contribution in [3.63, 3.8) is 0 Å². The average Bonchev–Trinajstić information content (AvgIpc) is 2.56. The van der Waals surface area contributed by atoms with Gasteiger partial charge in [0.1, 0.15) is 11.5 Å². The summed E-state index contributed by atoms with van der Waals surface area (Å²) < 4.78 is 35.5. The van der Waals surface area contributed by atoms with Gasteiger partial charge in [-0.05, 0) is 24.3 Å². The number of halogens is 2. The normalized spacial score (nSPS) is 10.9. The summed E-state index contributed by atoms with van der Waals surface area (Å²) in [5.74, 6) is 0.250. The van der Waals surface area contributed by atoms with E-state index in [1.807, 2.05) is 0 Å². The van der Waals surface area contributed by atoms with Gasteiger partial charge < -0.3 is 14.8 Å². The fourth-order valence-electron chi connectivity index (χ4n) is 1.97. The minimum absolute atomic E-state index is 0.246. The van der Waals surface area contributed by atoms with Gasteiger partial charge >= 0.3 is 0 Å². The maximum absolute atomic E-state index is 12.0. The molecule has 2 rings (SSSR count). The van der Waals surface area contributed by atoms with E-state index < -0.39 is 15.9 Å². The Labute approximate surface area is 161 Å². The van der Waals surface area contributed by atoms with Gasteiger partial charge in [0.15, 0.2) is 6.61 Å². The first kappa shape index (κ1) is 20.2. The van der Waals surface area contributed by atoms with Gasteiger partial charge in [-0.1, -0.05) is 23.2 Å². The number of methoxy groups -OCH3 is 1. The van der Waals surface area contributed by atoms with Gasteiger partial charge in [0.25, 0.3) is 5.91 Å². The summed E-state index contributed by atoms with van der Waals surface area (Å²) in [6, 6.07) is 9.17. The summed E-state index contributed by atoms with van der Waals surface area (Å²) in [6.45, 7) is -0.246. The van der Waals surface area contributed by atoms with Crippen molar-refractivity contribution in [3.05, 3.63) is 46.4 Å². The zero-order chi connectivity index (χ0) is 19.3. The van der Waals surface area contributed by atoms with E-state index >= 15 is 0 Å². The highest BCUT2D eigenvalue weighted by molar-refractivity contribution is 7.92. The van der Waals surface area contributed by atoms with Crippen LogP contribution in [0.1, 0.15) is 0 Å². The van der Waals surface area contributed by atoms with Crippen LogP contribution < -0.4 is 19.5 Å². The number of benzene rings is 2. The largest absolute Gasteiger partial charge is 0.494 e. The van der Waals surface area contributed by atoms with Crippen LogP contribution in [0.15, 0.2) is 36.4 Å². The maximum Gasteiger partial charge on any atom is 0.262 e. The molecule has 0 aliphatic carbocycles. The van der Waals surface area contributed by atoms with Gasteiger partial charge in [-0.2, -0.15) is 0 Å². The minimum atomic E-state index is -3.45. The molecule has 0 heterocycles. The Morgan fingerprint density at radius 3 is 2.46 bits per heavy atom. The SMILES string of the molecule is COc1cc(NC(=O)COc2ccc(Cl)c(Cl)c2)ccc1NS(C)(=O)=O. The molecule has 10 heteroatoms. The van der Waals surface area contributed by atoms with E-state index in [0.717, 1.165) is 6.26 Å². The fourth-order valence-corrected chi connectivity index (χ4v) is 2.82. The number of hydrogen-bond donors (Lipinski definition) is 2. The number of nitrogens with one attached hydrogen (secondary N) is 2. The van der Waals surface area contributed by atoms with Gasteiger partial charge in [-0.25, -0.2) is 8.42 Å². The Kier molecular flexibility index (Phi) is 6.57. The molecular weight excluding hydrogens is 403 g/mol. The second-order valence-electron chi connectivity index (χ2n) is 5.20. The molecule has 0 radical (unpaired) electrons. The third kappa shape index (κ3) is 5.98. The molecule has 7 nitrogen and oxygen atoms in total. The number of carbonyl (C=O) groups is 1. The summed E-state index contributed by atoms with van der Waals surface area (Å²) in [6.07, 6.45) is 1.03. The predicted molar refractivity (Wildman–Crippen MR) is 102 cm³/mol. The summed E-state index contributed by atoms with van der Waals surface area (Å²) in [7, 11) is -2.06. The van der Waals surface area contributed by atoms with Gasteiger partial charge in [-0.15, -0.1) is 0 Å². The first-order chi connectivity index (χ1) is 12.2. The van der Waals surface area contributed by atoms with Crippen molar-refractivity contribution < 1.29 is 22.7 Å². The van der Waals surface area contributed by atoms with Crippen LogP contribution in [0, 0.1) is 0 Å². The second kappa shape index (κ2) is 8.48. The summed E-state index contributed by atoms with van der Waals surface area (Å²) in [5, 5.41) is 3.33. The summed E-state index contributed by atoms with van der Waals surface area (Å²) >= 11 is 11.7. The van der Waals surface area contributed by atoms with Crippen molar-refractivity contribution in [3.8, 4) is 11.5 Å². The van der Waals surface area contributed by atoms with Gasteiger partial charge in [0, 0.05) is 17.8 Å². The Bertz CT molecular complexity index is 919. The van der Waals surface area contributed by atoms with Crippen LogP contribution in [-0.2, 0) is 14.8 Å².